The Bertz CT molecular complexity index is 320. The number of hydrogen-bond donors (Lipinski definition) is 7. The quantitative estimate of drug-likeness (QED) is 0.136. The molecule has 0 aromatic heterocycles. The first-order valence-corrected chi connectivity index (χ1v) is 5.63. The molecular weight excluding hydrogens is 287 g/mol. The van der Waals surface area contributed by atoms with E-state index >= 15 is 0 Å². The molecule has 10 nitrogen and oxygen atoms in total. The summed E-state index contributed by atoms with van der Waals surface area (Å²) in [7, 11) is -5.07. The van der Waals surface area contributed by atoms with Crippen molar-refractivity contribution >= 4 is 40.0 Å². The van der Waals surface area contributed by atoms with Gasteiger partial charge in [-0.15, -0.1) is 0 Å². The van der Waals surface area contributed by atoms with Gasteiger partial charge >= 0.3 is 40.0 Å². The van der Waals surface area contributed by atoms with Crippen LogP contribution in [0.3, 0.4) is 0 Å². The second-order valence-electron chi connectivity index (χ2n) is 3.14. The van der Waals surface area contributed by atoms with Crippen LogP contribution in [-0.2, 0) is 14.6 Å². The molecule has 0 rings (SSSR count). The van der Waals surface area contributed by atoms with Gasteiger partial charge in [0.2, 0.25) is 6.29 Å². The number of aliphatic hydroxyl groups excluding tert-OH is 6. The van der Waals surface area contributed by atoms with E-state index in [0.29, 0.717) is 0 Å². The average molecular weight is 302 g/mol. The first-order valence-electron chi connectivity index (χ1n) is 4.27. The van der Waals surface area contributed by atoms with Crippen LogP contribution in [0.1, 0.15) is 0 Å². The minimum absolute atomic E-state index is 0. The van der Waals surface area contributed by atoms with Gasteiger partial charge in [-0.3, -0.25) is 4.55 Å². The number of rotatable bonds is 7. The summed E-state index contributed by atoms with van der Waals surface area (Å²) in [6, 6.07) is 0. The predicted octanol–water partition coefficient (Wildman–Crippen LogP) is -5.09. The van der Waals surface area contributed by atoms with E-state index in [2.05, 4.69) is 4.18 Å². The van der Waals surface area contributed by atoms with Crippen LogP contribution in [0.5, 0.6) is 0 Å². The van der Waals surface area contributed by atoms with Gasteiger partial charge in [-0.2, -0.15) is 8.42 Å². The maximum atomic E-state index is 10.2. The van der Waals surface area contributed by atoms with Crippen LogP contribution in [0.25, 0.3) is 0 Å². The van der Waals surface area contributed by atoms with Gasteiger partial charge in [0.25, 0.3) is 0 Å². The Labute approximate surface area is 125 Å². The third-order valence-electron chi connectivity index (χ3n) is 1.79. The van der Waals surface area contributed by atoms with E-state index < -0.39 is 47.7 Å². The van der Waals surface area contributed by atoms with Crippen LogP contribution in [0.4, 0.5) is 0 Å². The van der Waals surface area contributed by atoms with Crippen molar-refractivity contribution in [2.24, 2.45) is 0 Å². The molecule has 0 saturated carbocycles. The van der Waals surface area contributed by atoms with Gasteiger partial charge in [-0.05, 0) is 0 Å². The van der Waals surface area contributed by atoms with Gasteiger partial charge in [-0.25, -0.2) is 4.18 Å². The van der Waals surface area contributed by atoms with E-state index in [1.165, 1.54) is 0 Å². The fourth-order valence-electron chi connectivity index (χ4n) is 0.888. The molecule has 0 fully saturated rings. The van der Waals surface area contributed by atoms with Crippen LogP contribution in [-0.4, -0.2) is 110 Å². The summed E-state index contributed by atoms with van der Waals surface area (Å²) in [4.78, 5) is 0. The second-order valence-corrected chi connectivity index (χ2v) is 4.18. The molecule has 12 heteroatoms. The normalized spacial score (nSPS) is 20.4. The first-order chi connectivity index (χ1) is 7.60. The summed E-state index contributed by atoms with van der Waals surface area (Å²) in [5, 5.41) is 53.6. The summed E-state index contributed by atoms with van der Waals surface area (Å²) >= 11 is 0. The standard InChI is InChI=1S/C6H14O10S.Na.H/c7-1-2(8)3(9)4(10)5(11)6(12)16-17(13,14)15;;/h2-12H,1H2,(H,13,14,15);;/t2-,3-,4+,5-,6?;;/m1../s1. The summed E-state index contributed by atoms with van der Waals surface area (Å²) in [5.74, 6) is 0. The maximum absolute atomic E-state index is 10.2. The first kappa shape index (κ1) is 20.9. The number of hydrogen-bond acceptors (Lipinski definition) is 9. The van der Waals surface area contributed by atoms with Crippen LogP contribution in [0.15, 0.2) is 0 Å². The molecule has 0 aliphatic carbocycles. The van der Waals surface area contributed by atoms with Crippen LogP contribution in [0.2, 0.25) is 0 Å². The molecule has 18 heavy (non-hydrogen) atoms. The van der Waals surface area contributed by atoms with E-state index in [0.717, 1.165) is 0 Å². The zero-order valence-corrected chi connectivity index (χ0v) is 9.17. The molecule has 0 heterocycles. The van der Waals surface area contributed by atoms with Gasteiger partial charge < -0.3 is 30.6 Å². The van der Waals surface area contributed by atoms with E-state index in [1.54, 1.807) is 0 Å². The molecule has 0 aromatic rings. The van der Waals surface area contributed by atoms with E-state index in [4.69, 9.17) is 35.2 Å². The van der Waals surface area contributed by atoms with Crippen molar-refractivity contribution in [3.63, 3.8) is 0 Å². The SMILES string of the molecule is O=S(=O)(O)OC(O)[C@H](O)[C@@H](O)[C@H](O)[C@H](O)CO.[NaH]. The summed E-state index contributed by atoms with van der Waals surface area (Å²) in [6.45, 7) is -0.944. The molecule has 0 aromatic carbocycles. The van der Waals surface area contributed by atoms with E-state index in [1.807, 2.05) is 0 Å². The summed E-state index contributed by atoms with van der Waals surface area (Å²) < 4.78 is 32.0. The summed E-state index contributed by atoms with van der Waals surface area (Å²) in [6.07, 6.45) is -11.0. The molecule has 7 N–H and O–H groups in total. The van der Waals surface area contributed by atoms with Crippen molar-refractivity contribution in [1.82, 2.24) is 0 Å². The Kier molecular flexibility index (Phi) is 10.2. The Hall–Kier alpha value is 0.630. The molecule has 0 bridgehead atoms. The van der Waals surface area contributed by atoms with Gasteiger partial charge in [0, 0.05) is 0 Å². The Morgan fingerprint density at radius 3 is 1.72 bits per heavy atom. The van der Waals surface area contributed by atoms with Gasteiger partial charge in [0.1, 0.15) is 24.4 Å². The Morgan fingerprint density at radius 2 is 1.39 bits per heavy atom. The van der Waals surface area contributed by atoms with E-state index in [-0.39, 0.29) is 29.6 Å². The predicted molar refractivity (Wildman–Crippen MR) is 56.9 cm³/mol. The fourth-order valence-corrected chi connectivity index (χ4v) is 1.25. The van der Waals surface area contributed by atoms with Crippen LogP contribution in [0, 0.1) is 0 Å². The third-order valence-corrected chi connectivity index (χ3v) is 2.23. The molecule has 1 unspecified atom stereocenters. The van der Waals surface area contributed by atoms with Crippen molar-refractivity contribution in [1.29, 1.82) is 0 Å². The molecule has 0 saturated heterocycles. The van der Waals surface area contributed by atoms with Crippen molar-refractivity contribution in [2.75, 3.05) is 6.61 Å². The Balaban J connectivity index is 0. The molecule has 0 amide bonds. The van der Waals surface area contributed by atoms with Gasteiger partial charge in [-0.1, -0.05) is 0 Å². The zero-order chi connectivity index (χ0) is 13.8. The molecule has 106 valence electrons. The summed E-state index contributed by atoms with van der Waals surface area (Å²) in [5.41, 5.74) is 0. The molecule has 0 spiro atoms. The van der Waals surface area contributed by atoms with Crippen molar-refractivity contribution in [3.05, 3.63) is 0 Å². The second kappa shape index (κ2) is 8.73. The molecule has 0 aliphatic rings. The van der Waals surface area contributed by atoms with Crippen LogP contribution >= 0.6 is 0 Å². The molecular formula is C6H15NaO10S. The Morgan fingerprint density at radius 1 is 0.944 bits per heavy atom. The van der Waals surface area contributed by atoms with Crippen molar-refractivity contribution < 1.29 is 47.8 Å². The molecule has 0 radical (unpaired) electrons. The fraction of sp³-hybridized carbons (Fsp3) is 1.00. The van der Waals surface area contributed by atoms with Crippen LogP contribution < -0.4 is 0 Å². The number of aliphatic hydroxyl groups is 6. The molecule has 5 atom stereocenters. The topological polar surface area (TPSA) is 185 Å². The average Bonchev–Trinajstić information content (AvgIpc) is 2.22. The van der Waals surface area contributed by atoms with E-state index in [9.17, 15) is 8.42 Å². The van der Waals surface area contributed by atoms with Gasteiger partial charge in [0.05, 0.1) is 6.61 Å². The van der Waals surface area contributed by atoms with Crippen molar-refractivity contribution in [2.45, 2.75) is 30.7 Å². The monoisotopic (exact) mass is 302 g/mol. The minimum atomic E-state index is -5.07. The van der Waals surface area contributed by atoms with Gasteiger partial charge in [0.15, 0.2) is 0 Å². The third kappa shape index (κ3) is 7.28. The zero-order valence-electron chi connectivity index (χ0n) is 8.36. The van der Waals surface area contributed by atoms with Crippen molar-refractivity contribution in [3.8, 4) is 0 Å². The molecule has 0 aliphatic heterocycles.